The number of hydrogen-bond acceptors (Lipinski definition) is 7. The van der Waals surface area contributed by atoms with Gasteiger partial charge in [0, 0.05) is 11.3 Å². The third kappa shape index (κ3) is 7.30. The van der Waals surface area contributed by atoms with E-state index in [0.29, 0.717) is 16.8 Å². The Morgan fingerprint density at radius 1 is 0.875 bits per heavy atom. The normalized spacial score (nSPS) is 11.2. The van der Waals surface area contributed by atoms with Gasteiger partial charge in [-0.1, -0.05) is 18.2 Å². The fourth-order valence-corrected chi connectivity index (χ4v) is 4.00. The van der Waals surface area contributed by atoms with Crippen LogP contribution >= 0.6 is 0 Å². The first-order valence-electron chi connectivity index (χ1n) is 8.77. The van der Waals surface area contributed by atoms with Crippen LogP contribution in [0.3, 0.4) is 0 Å². The van der Waals surface area contributed by atoms with Crippen LogP contribution in [0.4, 0.5) is 5.69 Å². The van der Waals surface area contributed by atoms with Gasteiger partial charge in [-0.25, -0.2) is 0 Å². The molecule has 0 saturated carbocycles. The Kier molecular flexibility index (Phi) is 7.51. The van der Waals surface area contributed by atoms with E-state index in [0.717, 1.165) is 6.07 Å². The lowest BCUT2D eigenvalue weighted by atomic mass is 10.0. The molecule has 12 heteroatoms. The summed E-state index contributed by atoms with van der Waals surface area (Å²) in [6.45, 7) is 1.60. The van der Waals surface area contributed by atoms with Crippen LogP contribution in [0.2, 0.25) is 0 Å². The first-order chi connectivity index (χ1) is 14.8. The minimum Gasteiger partial charge on any atom is -0.322 e. The minimum atomic E-state index is -4.46. The van der Waals surface area contributed by atoms with Crippen LogP contribution in [0.5, 0.6) is 0 Å². The molecule has 0 unspecified atom stereocenters. The lowest BCUT2D eigenvalue weighted by Crippen LogP contribution is -2.14. The zero-order chi connectivity index (χ0) is 24.1. The largest absolute Gasteiger partial charge is 0.322 e. The van der Waals surface area contributed by atoms with Crippen LogP contribution in [-0.2, 0) is 31.7 Å². The van der Waals surface area contributed by atoms with Crippen molar-refractivity contribution < 1.29 is 30.7 Å². The summed E-state index contributed by atoms with van der Waals surface area (Å²) in [4.78, 5) is 12.6. The quantitative estimate of drug-likeness (QED) is 0.399. The van der Waals surface area contributed by atoms with Crippen LogP contribution < -0.4 is 5.32 Å². The molecule has 0 fully saturated rings. The van der Waals surface area contributed by atoms with Crippen LogP contribution in [0.25, 0.3) is 5.57 Å². The van der Waals surface area contributed by atoms with Gasteiger partial charge >= 0.3 is 0 Å². The molecular formula is C20H17N3O7S2. The van der Waals surface area contributed by atoms with Crippen molar-refractivity contribution in [1.29, 1.82) is 10.5 Å². The van der Waals surface area contributed by atoms with Gasteiger partial charge in [-0.3, -0.25) is 13.9 Å². The predicted octanol–water partition coefficient (Wildman–Crippen LogP) is 2.54. The summed E-state index contributed by atoms with van der Waals surface area (Å²) in [5.74, 6) is -2.41. The second-order valence-corrected chi connectivity index (χ2v) is 9.65. The zero-order valence-electron chi connectivity index (χ0n) is 16.6. The molecule has 0 heterocycles. The summed E-state index contributed by atoms with van der Waals surface area (Å²) < 4.78 is 62.9. The molecule has 32 heavy (non-hydrogen) atoms. The Balaban J connectivity index is 2.35. The highest BCUT2D eigenvalue weighted by Gasteiger charge is 2.16. The molecular weight excluding hydrogens is 458 g/mol. The molecule has 0 aromatic heterocycles. The highest BCUT2D eigenvalue weighted by molar-refractivity contribution is 7.85. The maximum atomic E-state index is 12.6. The number of carbonyl (C=O) groups is 1. The summed E-state index contributed by atoms with van der Waals surface area (Å²) in [5.41, 5.74) is 1.14. The molecule has 0 spiro atoms. The van der Waals surface area contributed by atoms with Gasteiger partial charge < -0.3 is 5.32 Å². The number of rotatable bonds is 7. The van der Waals surface area contributed by atoms with Gasteiger partial charge in [0.15, 0.2) is 0 Å². The van der Waals surface area contributed by atoms with Crippen LogP contribution in [0, 0.1) is 22.7 Å². The molecule has 166 valence electrons. The molecule has 0 aliphatic rings. The SMILES string of the molecule is CC(=C(C#N)C#N)c1ccc(NC(=O)c2cc(CS(=O)(=O)O)cc(CS(=O)(=O)O)c2)cc1. The Morgan fingerprint density at radius 2 is 1.34 bits per heavy atom. The highest BCUT2D eigenvalue weighted by Crippen LogP contribution is 2.21. The Labute approximate surface area is 184 Å². The first-order valence-corrected chi connectivity index (χ1v) is 12.0. The number of allylic oxidation sites excluding steroid dienone is 2. The van der Waals surface area contributed by atoms with E-state index in [4.69, 9.17) is 19.6 Å². The van der Waals surface area contributed by atoms with E-state index in [1.807, 2.05) is 0 Å². The van der Waals surface area contributed by atoms with Crippen molar-refractivity contribution in [2.45, 2.75) is 18.4 Å². The van der Waals surface area contributed by atoms with E-state index in [9.17, 15) is 21.6 Å². The monoisotopic (exact) mass is 475 g/mol. The van der Waals surface area contributed by atoms with E-state index in [2.05, 4.69) is 5.32 Å². The number of nitriles is 2. The number of benzene rings is 2. The molecule has 2 aromatic carbocycles. The molecule has 0 atom stereocenters. The van der Waals surface area contributed by atoms with Crippen molar-refractivity contribution in [3.05, 3.63) is 70.3 Å². The highest BCUT2D eigenvalue weighted by atomic mass is 32.2. The van der Waals surface area contributed by atoms with E-state index in [-0.39, 0.29) is 22.3 Å². The van der Waals surface area contributed by atoms with Crippen molar-refractivity contribution in [3.63, 3.8) is 0 Å². The van der Waals surface area contributed by atoms with Gasteiger partial charge in [0.2, 0.25) is 0 Å². The van der Waals surface area contributed by atoms with Gasteiger partial charge in [-0.05, 0) is 53.5 Å². The third-order valence-corrected chi connectivity index (χ3v) is 5.58. The fraction of sp³-hybridized carbons (Fsp3) is 0.150. The molecule has 10 nitrogen and oxygen atoms in total. The number of nitrogens with zero attached hydrogens (tertiary/aromatic N) is 2. The van der Waals surface area contributed by atoms with Crippen LogP contribution in [0.15, 0.2) is 48.0 Å². The molecule has 0 saturated heterocycles. The van der Waals surface area contributed by atoms with Crippen LogP contribution in [0.1, 0.15) is 34.0 Å². The number of hydrogen-bond donors (Lipinski definition) is 3. The van der Waals surface area contributed by atoms with Gasteiger partial charge in [-0.2, -0.15) is 27.4 Å². The van der Waals surface area contributed by atoms with E-state index in [1.54, 1.807) is 31.2 Å². The van der Waals surface area contributed by atoms with E-state index < -0.39 is 37.6 Å². The second kappa shape index (κ2) is 9.72. The summed E-state index contributed by atoms with van der Waals surface area (Å²) >= 11 is 0. The smallest absolute Gasteiger partial charge is 0.269 e. The second-order valence-electron chi connectivity index (χ2n) is 6.75. The summed E-state index contributed by atoms with van der Waals surface area (Å²) in [7, 11) is -8.91. The Morgan fingerprint density at radius 3 is 1.75 bits per heavy atom. The van der Waals surface area contributed by atoms with Gasteiger partial charge in [0.1, 0.15) is 29.2 Å². The average molecular weight is 476 g/mol. The van der Waals surface area contributed by atoms with Crippen molar-refractivity contribution in [1.82, 2.24) is 0 Å². The molecule has 0 bridgehead atoms. The molecule has 3 N–H and O–H groups in total. The predicted molar refractivity (Wildman–Crippen MR) is 115 cm³/mol. The number of carbonyl (C=O) groups excluding carboxylic acids is 1. The molecule has 0 aliphatic heterocycles. The van der Waals surface area contributed by atoms with Gasteiger partial charge in [0.05, 0.1) is 0 Å². The lowest BCUT2D eigenvalue weighted by Gasteiger charge is -2.10. The molecule has 0 radical (unpaired) electrons. The Bertz CT molecular complexity index is 1310. The summed E-state index contributed by atoms with van der Waals surface area (Å²) in [5, 5.41) is 20.5. The van der Waals surface area contributed by atoms with Crippen LogP contribution in [-0.4, -0.2) is 31.8 Å². The third-order valence-electron chi connectivity index (χ3n) is 4.19. The number of nitrogens with one attached hydrogen (secondary N) is 1. The molecule has 0 aliphatic carbocycles. The van der Waals surface area contributed by atoms with Crippen molar-refractivity contribution in [3.8, 4) is 12.1 Å². The summed E-state index contributed by atoms with van der Waals surface area (Å²) in [6.07, 6.45) is 0. The van der Waals surface area contributed by atoms with Gasteiger partial charge in [0.25, 0.3) is 26.1 Å². The number of amides is 1. The standard InChI is InChI=1S/C20H17N3O7S2/c1-13(18(9-21)10-22)16-2-4-19(5-3-16)23-20(24)17-7-14(11-31(25,26)27)6-15(8-17)12-32(28,29)30/h2-8H,11-12H2,1H3,(H,23,24)(H,25,26,27)(H,28,29,30). The molecule has 1 amide bonds. The maximum Gasteiger partial charge on any atom is 0.269 e. The molecule has 2 aromatic rings. The van der Waals surface area contributed by atoms with Gasteiger partial charge in [-0.15, -0.1) is 0 Å². The van der Waals surface area contributed by atoms with Crippen molar-refractivity contribution in [2.24, 2.45) is 0 Å². The van der Waals surface area contributed by atoms with E-state index in [1.165, 1.54) is 24.3 Å². The zero-order valence-corrected chi connectivity index (χ0v) is 18.2. The minimum absolute atomic E-state index is 0.0459. The van der Waals surface area contributed by atoms with Crippen molar-refractivity contribution in [2.75, 3.05) is 5.32 Å². The summed E-state index contributed by atoms with van der Waals surface area (Å²) in [6, 6.07) is 13.3. The Hall–Kier alpha value is -3.55. The average Bonchev–Trinajstić information content (AvgIpc) is 2.66. The topological polar surface area (TPSA) is 185 Å². The lowest BCUT2D eigenvalue weighted by molar-refractivity contribution is 0.102. The molecule has 2 rings (SSSR count). The first kappa shape index (κ1) is 24.7. The maximum absolute atomic E-state index is 12.6. The van der Waals surface area contributed by atoms with Crippen molar-refractivity contribution >= 4 is 37.4 Å². The fourth-order valence-electron chi connectivity index (χ4n) is 2.83. The van der Waals surface area contributed by atoms with E-state index >= 15 is 0 Å². The number of anilines is 1.